The predicted molar refractivity (Wildman–Crippen MR) is 102 cm³/mol. The van der Waals surface area contributed by atoms with Crippen LogP contribution in [0, 0.1) is 17.6 Å². The number of hydrogen-bond acceptors (Lipinski definition) is 2. The molecule has 1 aliphatic rings. The molecule has 4 heteroatoms. The van der Waals surface area contributed by atoms with Gasteiger partial charge in [0.05, 0.1) is 0 Å². The molecule has 1 aliphatic heterocycles. The summed E-state index contributed by atoms with van der Waals surface area (Å²) in [6.07, 6.45) is 5.82. The SMILES string of the molecule is CNN1CCC(CCCC(c2ccc(F)cc2)c2ccc(F)cc2)CC1. The third-order valence-electron chi connectivity index (χ3n) is 5.58. The quantitative estimate of drug-likeness (QED) is 0.739. The zero-order valence-electron chi connectivity index (χ0n) is 15.4. The lowest BCUT2D eigenvalue weighted by atomic mass is 9.84. The fourth-order valence-electron chi connectivity index (χ4n) is 3.97. The number of hydrazine groups is 1. The summed E-state index contributed by atoms with van der Waals surface area (Å²) >= 11 is 0. The topological polar surface area (TPSA) is 15.3 Å². The van der Waals surface area contributed by atoms with E-state index in [1.165, 1.54) is 43.5 Å². The molecule has 1 N–H and O–H groups in total. The number of nitrogens with one attached hydrogen (secondary N) is 1. The third-order valence-corrected chi connectivity index (χ3v) is 5.58. The molecule has 0 unspecified atom stereocenters. The second kappa shape index (κ2) is 9.24. The van der Waals surface area contributed by atoms with Crippen molar-refractivity contribution in [1.82, 2.24) is 10.4 Å². The summed E-state index contributed by atoms with van der Waals surface area (Å²) in [6.45, 7) is 2.22. The van der Waals surface area contributed by atoms with Gasteiger partial charge in [-0.3, -0.25) is 5.43 Å². The molecular formula is C22H28F2N2. The number of piperidine rings is 1. The van der Waals surface area contributed by atoms with E-state index in [1.54, 1.807) is 0 Å². The van der Waals surface area contributed by atoms with Gasteiger partial charge in [0, 0.05) is 19.0 Å². The number of nitrogens with zero attached hydrogens (tertiary/aromatic N) is 1. The summed E-state index contributed by atoms with van der Waals surface area (Å²) < 4.78 is 26.6. The van der Waals surface area contributed by atoms with E-state index in [1.807, 2.05) is 31.3 Å². The van der Waals surface area contributed by atoms with Crippen LogP contribution in [-0.2, 0) is 0 Å². The van der Waals surface area contributed by atoms with Crippen LogP contribution in [0.2, 0.25) is 0 Å². The molecule has 0 amide bonds. The van der Waals surface area contributed by atoms with Gasteiger partial charge in [-0.1, -0.05) is 37.1 Å². The Kier molecular flexibility index (Phi) is 6.75. The molecule has 2 aromatic rings. The minimum absolute atomic E-state index is 0.189. The van der Waals surface area contributed by atoms with E-state index in [9.17, 15) is 8.78 Å². The smallest absolute Gasteiger partial charge is 0.123 e. The molecule has 1 heterocycles. The zero-order valence-corrected chi connectivity index (χ0v) is 15.4. The predicted octanol–water partition coefficient (Wildman–Crippen LogP) is 5.11. The highest BCUT2D eigenvalue weighted by Gasteiger charge is 2.20. The monoisotopic (exact) mass is 358 g/mol. The molecule has 2 aromatic carbocycles. The molecule has 1 saturated heterocycles. The van der Waals surface area contributed by atoms with E-state index in [0.717, 1.165) is 43.0 Å². The molecule has 1 fully saturated rings. The van der Waals surface area contributed by atoms with Crippen molar-refractivity contribution in [3.63, 3.8) is 0 Å². The van der Waals surface area contributed by atoms with Gasteiger partial charge in [-0.05, 0) is 67.6 Å². The average molecular weight is 358 g/mol. The first-order valence-corrected chi connectivity index (χ1v) is 9.59. The zero-order chi connectivity index (χ0) is 18.4. The Morgan fingerprint density at radius 2 is 1.42 bits per heavy atom. The highest BCUT2D eigenvalue weighted by atomic mass is 19.1. The Hall–Kier alpha value is -1.78. The summed E-state index contributed by atoms with van der Waals surface area (Å²) in [5.41, 5.74) is 5.42. The van der Waals surface area contributed by atoms with Crippen LogP contribution in [0.15, 0.2) is 48.5 Å². The maximum Gasteiger partial charge on any atom is 0.123 e. The first-order chi connectivity index (χ1) is 12.7. The van der Waals surface area contributed by atoms with E-state index < -0.39 is 0 Å². The van der Waals surface area contributed by atoms with Crippen LogP contribution < -0.4 is 5.43 Å². The molecule has 0 atom stereocenters. The first kappa shape index (κ1) is 19.0. The standard InChI is InChI=1S/C22H28F2N2/c1-25-26-15-13-17(14-16-26)3-2-4-22(18-5-9-20(23)10-6-18)19-7-11-21(24)12-8-19/h5-12,17,22,25H,2-4,13-16H2,1H3. The third kappa shape index (κ3) is 5.12. The molecule has 0 aromatic heterocycles. The van der Waals surface area contributed by atoms with Crippen molar-refractivity contribution in [2.75, 3.05) is 20.1 Å². The van der Waals surface area contributed by atoms with Gasteiger partial charge < -0.3 is 0 Å². The van der Waals surface area contributed by atoms with Crippen molar-refractivity contribution in [3.05, 3.63) is 71.3 Å². The van der Waals surface area contributed by atoms with Crippen molar-refractivity contribution >= 4 is 0 Å². The van der Waals surface area contributed by atoms with Crippen molar-refractivity contribution < 1.29 is 8.78 Å². The van der Waals surface area contributed by atoms with Gasteiger partial charge in [0.2, 0.25) is 0 Å². The number of hydrogen-bond donors (Lipinski definition) is 1. The molecule has 0 radical (unpaired) electrons. The lowest BCUT2D eigenvalue weighted by molar-refractivity contribution is 0.132. The van der Waals surface area contributed by atoms with E-state index >= 15 is 0 Å². The highest BCUT2D eigenvalue weighted by Crippen LogP contribution is 2.32. The lowest BCUT2D eigenvalue weighted by Crippen LogP contribution is -2.41. The summed E-state index contributed by atoms with van der Waals surface area (Å²) in [5, 5.41) is 2.27. The Labute approximate surface area is 155 Å². The van der Waals surface area contributed by atoms with E-state index in [0.29, 0.717) is 0 Å². The Morgan fingerprint density at radius 3 is 1.88 bits per heavy atom. The Morgan fingerprint density at radius 1 is 0.923 bits per heavy atom. The van der Waals surface area contributed by atoms with Gasteiger partial charge in [-0.25, -0.2) is 13.8 Å². The molecule has 26 heavy (non-hydrogen) atoms. The summed E-state index contributed by atoms with van der Waals surface area (Å²) in [4.78, 5) is 0. The highest BCUT2D eigenvalue weighted by molar-refractivity contribution is 5.32. The first-order valence-electron chi connectivity index (χ1n) is 9.59. The maximum absolute atomic E-state index is 13.3. The van der Waals surface area contributed by atoms with Crippen LogP contribution in [0.3, 0.4) is 0 Å². The normalized spacial score (nSPS) is 16.3. The van der Waals surface area contributed by atoms with Crippen LogP contribution in [0.5, 0.6) is 0 Å². The molecule has 140 valence electrons. The summed E-state index contributed by atoms with van der Waals surface area (Å²) in [5.74, 6) is 0.529. The lowest BCUT2D eigenvalue weighted by Gasteiger charge is -2.31. The van der Waals surface area contributed by atoms with Crippen LogP contribution in [0.1, 0.15) is 49.1 Å². The Bertz CT molecular complexity index is 616. The largest absolute Gasteiger partial charge is 0.258 e. The molecule has 0 saturated carbocycles. The fourth-order valence-corrected chi connectivity index (χ4v) is 3.97. The van der Waals surface area contributed by atoms with E-state index in [2.05, 4.69) is 10.4 Å². The molecule has 0 aliphatic carbocycles. The molecular weight excluding hydrogens is 330 g/mol. The van der Waals surface area contributed by atoms with E-state index in [-0.39, 0.29) is 17.6 Å². The van der Waals surface area contributed by atoms with Crippen molar-refractivity contribution in [1.29, 1.82) is 0 Å². The van der Waals surface area contributed by atoms with Crippen molar-refractivity contribution in [2.45, 2.75) is 38.0 Å². The Balaban J connectivity index is 1.62. The van der Waals surface area contributed by atoms with Crippen molar-refractivity contribution in [3.8, 4) is 0 Å². The fraction of sp³-hybridized carbons (Fsp3) is 0.455. The van der Waals surface area contributed by atoms with E-state index in [4.69, 9.17) is 0 Å². The van der Waals surface area contributed by atoms with Crippen LogP contribution >= 0.6 is 0 Å². The van der Waals surface area contributed by atoms with Crippen LogP contribution in [-0.4, -0.2) is 25.1 Å². The number of rotatable bonds is 7. The van der Waals surface area contributed by atoms with Gasteiger partial charge in [0.1, 0.15) is 11.6 Å². The van der Waals surface area contributed by atoms with Crippen LogP contribution in [0.25, 0.3) is 0 Å². The number of benzene rings is 2. The van der Waals surface area contributed by atoms with Crippen LogP contribution in [0.4, 0.5) is 8.78 Å². The number of halogens is 2. The van der Waals surface area contributed by atoms with Gasteiger partial charge >= 0.3 is 0 Å². The van der Waals surface area contributed by atoms with Gasteiger partial charge in [-0.2, -0.15) is 0 Å². The van der Waals surface area contributed by atoms with Gasteiger partial charge in [0.15, 0.2) is 0 Å². The molecule has 0 spiro atoms. The molecule has 0 bridgehead atoms. The van der Waals surface area contributed by atoms with Gasteiger partial charge in [0.25, 0.3) is 0 Å². The minimum Gasteiger partial charge on any atom is -0.258 e. The maximum atomic E-state index is 13.3. The molecule has 2 nitrogen and oxygen atoms in total. The second-order valence-electron chi connectivity index (χ2n) is 7.24. The minimum atomic E-state index is -0.220. The van der Waals surface area contributed by atoms with Gasteiger partial charge in [-0.15, -0.1) is 0 Å². The average Bonchev–Trinajstić information content (AvgIpc) is 2.68. The summed E-state index contributed by atoms with van der Waals surface area (Å²) in [6, 6.07) is 13.5. The second-order valence-corrected chi connectivity index (χ2v) is 7.24. The summed E-state index contributed by atoms with van der Waals surface area (Å²) in [7, 11) is 1.98. The van der Waals surface area contributed by atoms with Crippen molar-refractivity contribution in [2.24, 2.45) is 5.92 Å². The molecule has 3 rings (SSSR count).